The van der Waals surface area contributed by atoms with Crippen LogP contribution in [0.5, 0.6) is 5.75 Å². The number of amides is 1. The molecule has 0 saturated heterocycles. The first kappa shape index (κ1) is 29.2. The van der Waals surface area contributed by atoms with Crippen molar-refractivity contribution in [2.45, 2.75) is 70.6 Å². The van der Waals surface area contributed by atoms with Gasteiger partial charge in [-0.2, -0.15) is 13.2 Å². The number of aliphatic carboxylic acids is 1. The van der Waals surface area contributed by atoms with Gasteiger partial charge in [-0.3, -0.25) is 9.59 Å². The van der Waals surface area contributed by atoms with Crippen LogP contribution < -0.4 is 10.1 Å². The molecule has 1 atom stereocenters. The van der Waals surface area contributed by atoms with Crippen LogP contribution >= 0.6 is 0 Å². The van der Waals surface area contributed by atoms with Crippen LogP contribution in [-0.4, -0.2) is 23.5 Å². The SMILES string of the molecule is CC(C)c1oc(-c2ccc(C(F)(F)F)cc2)cc1C(Oc1ccc(C(=O)NCCC(=O)O)cc1)C1CCCCC1. The van der Waals surface area contributed by atoms with Gasteiger partial charge in [0.05, 0.1) is 12.0 Å². The lowest BCUT2D eigenvalue weighted by Gasteiger charge is -2.31. The molecule has 2 aromatic carbocycles. The Kier molecular flexibility index (Phi) is 9.22. The van der Waals surface area contributed by atoms with E-state index in [1.807, 2.05) is 19.9 Å². The van der Waals surface area contributed by atoms with Gasteiger partial charge < -0.3 is 19.6 Å². The average Bonchev–Trinajstić information content (AvgIpc) is 3.37. The van der Waals surface area contributed by atoms with Crippen LogP contribution in [0.1, 0.15) is 91.6 Å². The fourth-order valence-electron chi connectivity index (χ4n) is 5.13. The molecular formula is C31H34F3NO5. The molecular weight excluding hydrogens is 523 g/mol. The van der Waals surface area contributed by atoms with Gasteiger partial charge in [0.25, 0.3) is 5.91 Å². The Bertz CT molecular complexity index is 1290. The van der Waals surface area contributed by atoms with Crippen LogP contribution in [0.4, 0.5) is 13.2 Å². The maximum absolute atomic E-state index is 13.1. The molecule has 6 nitrogen and oxygen atoms in total. The van der Waals surface area contributed by atoms with Crippen molar-refractivity contribution in [3.63, 3.8) is 0 Å². The van der Waals surface area contributed by atoms with E-state index < -0.39 is 17.7 Å². The van der Waals surface area contributed by atoms with Crippen molar-refractivity contribution in [3.05, 3.63) is 77.0 Å². The second-order valence-electron chi connectivity index (χ2n) is 10.5. The molecule has 0 aliphatic heterocycles. The first-order valence-electron chi connectivity index (χ1n) is 13.6. The highest BCUT2D eigenvalue weighted by molar-refractivity contribution is 5.94. The van der Waals surface area contributed by atoms with E-state index in [1.54, 1.807) is 24.3 Å². The molecule has 0 radical (unpaired) electrons. The molecule has 1 aliphatic carbocycles. The molecule has 40 heavy (non-hydrogen) atoms. The maximum Gasteiger partial charge on any atom is 0.416 e. The van der Waals surface area contributed by atoms with Crippen LogP contribution in [0.3, 0.4) is 0 Å². The van der Waals surface area contributed by atoms with Gasteiger partial charge in [0, 0.05) is 35.1 Å². The van der Waals surface area contributed by atoms with Gasteiger partial charge in [-0.15, -0.1) is 0 Å². The van der Waals surface area contributed by atoms with Crippen molar-refractivity contribution >= 4 is 11.9 Å². The van der Waals surface area contributed by atoms with Crippen LogP contribution in [0.15, 0.2) is 59.0 Å². The average molecular weight is 558 g/mol. The predicted octanol–water partition coefficient (Wildman–Crippen LogP) is 7.99. The zero-order valence-corrected chi connectivity index (χ0v) is 22.6. The lowest BCUT2D eigenvalue weighted by molar-refractivity contribution is -0.138. The zero-order valence-electron chi connectivity index (χ0n) is 22.6. The van der Waals surface area contributed by atoms with E-state index in [-0.39, 0.29) is 36.8 Å². The molecule has 1 heterocycles. The fraction of sp³-hybridized carbons (Fsp3) is 0.419. The van der Waals surface area contributed by atoms with Gasteiger partial charge in [0.15, 0.2) is 0 Å². The molecule has 0 bridgehead atoms. The molecule has 1 unspecified atom stereocenters. The quantitative estimate of drug-likeness (QED) is 0.264. The number of alkyl halides is 3. The van der Waals surface area contributed by atoms with E-state index in [1.165, 1.54) is 12.1 Å². The normalized spacial score (nSPS) is 15.2. The summed E-state index contributed by atoms with van der Waals surface area (Å²) < 4.78 is 52.1. The minimum Gasteiger partial charge on any atom is -0.485 e. The third-order valence-corrected chi connectivity index (χ3v) is 7.20. The number of carbonyl (C=O) groups is 2. The second-order valence-corrected chi connectivity index (χ2v) is 10.5. The summed E-state index contributed by atoms with van der Waals surface area (Å²) in [6.07, 6.45) is 0.382. The van der Waals surface area contributed by atoms with E-state index in [4.69, 9.17) is 14.3 Å². The third-order valence-electron chi connectivity index (χ3n) is 7.20. The van der Waals surface area contributed by atoms with Crippen LogP contribution in [-0.2, 0) is 11.0 Å². The number of carboxylic acids is 1. The highest BCUT2D eigenvalue weighted by atomic mass is 19.4. The largest absolute Gasteiger partial charge is 0.485 e. The fourth-order valence-corrected chi connectivity index (χ4v) is 5.13. The lowest BCUT2D eigenvalue weighted by atomic mass is 9.81. The molecule has 0 spiro atoms. The molecule has 1 saturated carbocycles. The zero-order chi connectivity index (χ0) is 28.9. The van der Waals surface area contributed by atoms with E-state index in [0.717, 1.165) is 55.6 Å². The number of ether oxygens (including phenoxy) is 1. The highest BCUT2D eigenvalue weighted by Gasteiger charge is 2.33. The van der Waals surface area contributed by atoms with Crippen LogP contribution in [0.2, 0.25) is 0 Å². The van der Waals surface area contributed by atoms with Gasteiger partial charge in [-0.05, 0) is 55.3 Å². The van der Waals surface area contributed by atoms with Crippen molar-refractivity contribution in [1.29, 1.82) is 0 Å². The summed E-state index contributed by atoms with van der Waals surface area (Å²) >= 11 is 0. The van der Waals surface area contributed by atoms with Crippen LogP contribution in [0.25, 0.3) is 11.3 Å². The summed E-state index contributed by atoms with van der Waals surface area (Å²) in [5, 5.41) is 11.3. The first-order chi connectivity index (χ1) is 19.0. The number of carbonyl (C=O) groups excluding carboxylic acids is 1. The van der Waals surface area contributed by atoms with Crippen molar-refractivity contribution < 1.29 is 37.0 Å². The second kappa shape index (κ2) is 12.6. The molecule has 3 aromatic rings. The summed E-state index contributed by atoms with van der Waals surface area (Å²) in [7, 11) is 0. The number of nitrogens with one attached hydrogen (secondary N) is 1. The molecule has 1 amide bonds. The first-order valence-corrected chi connectivity index (χ1v) is 13.6. The molecule has 4 rings (SSSR count). The number of hydrogen-bond donors (Lipinski definition) is 2. The maximum atomic E-state index is 13.1. The minimum absolute atomic E-state index is 0.0183. The number of halogens is 3. The van der Waals surface area contributed by atoms with E-state index in [9.17, 15) is 22.8 Å². The van der Waals surface area contributed by atoms with Crippen molar-refractivity contribution in [2.24, 2.45) is 5.92 Å². The van der Waals surface area contributed by atoms with Crippen LogP contribution in [0, 0.1) is 5.92 Å². The van der Waals surface area contributed by atoms with E-state index >= 15 is 0 Å². The summed E-state index contributed by atoms with van der Waals surface area (Å²) in [6.45, 7) is 4.05. The number of furan rings is 1. The Balaban J connectivity index is 1.61. The number of rotatable bonds is 10. The van der Waals surface area contributed by atoms with Gasteiger partial charge in [0.1, 0.15) is 23.4 Å². The molecule has 1 fully saturated rings. The summed E-state index contributed by atoms with van der Waals surface area (Å²) in [6, 6.07) is 13.6. The molecule has 214 valence electrons. The van der Waals surface area contributed by atoms with Crippen molar-refractivity contribution in [3.8, 4) is 17.1 Å². The molecule has 1 aromatic heterocycles. The van der Waals surface area contributed by atoms with Gasteiger partial charge in [-0.25, -0.2) is 0 Å². The molecule has 1 aliphatic rings. The smallest absolute Gasteiger partial charge is 0.416 e. The Labute approximate surface area is 231 Å². The van der Waals surface area contributed by atoms with Gasteiger partial charge in [0.2, 0.25) is 0 Å². The number of carboxylic acid groups (broad SMARTS) is 1. The number of hydrogen-bond acceptors (Lipinski definition) is 4. The predicted molar refractivity (Wildman–Crippen MR) is 144 cm³/mol. The van der Waals surface area contributed by atoms with E-state index in [2.05, 4.69) is 5.32 Å². The monoisotopic (exact) mass is 557 g/mol. The van der Waals surface area contributed by atoms with Crippen molar-refractivity contribution in [2.75, 3.05) is 6.54 Å². The summed E-state index contributed by atoms with van der Waals surface area (Å²) in [5.41, 5.74) is 1.12. The highest BCUT2D eigenvalue weighted by Crippen LogP contribution is 2.43. The van der Waals surface area contributed by atoms with Crippen molar-refractivity contribution in [1.82, 2.24) is 5.32 Å². The Morgan fingerprint density at radius 2 is 1.68 bits per heavy atom. The molecule has 9 heteroatoms. The number of benzene rings is 2. The van der Waals surface area contributed by atoms with Gasteiger partial charge in [-0.1, -0.05) is 45.2 Å². The molecule has 2 N–H and O–H groups in total. The Morgan fingerprint density at radius 1 is 1.02 bits per heavy atom. The minimum atomic E-state index is -4.41. The summed E-state index contributed by atoms with van der Waals surface area (Å²) in [4.78, 5) is 23.0. The Hall–Kier alpha value is -3.75. The topological polar surface area (TPSA) is 88.8 Å². The van der Waals surface area contributed by atoms with E-state index in [0.29, 0.717) is 22.6 Å². The third kappa shape index (κ3) is 7.25. The Morgan fingerprint density at radius 3 is 2.25 bits per heavy atom. The lowest BCUT2D eigenvalue weighted by Crippen LogP contribution is -2.26. The standard InChI is InChI=1S/C31H34F3NO5/c1-19(2)28-25(18-26(40-28)20-8-12-23(13-9-20)31(32,33)34)29(21-6-4-3-5-7-21)39-24-14-10-22(11-15-24)30(38)35-17-16-27(36)37/h8-15,18-19,21,29H,3-7,16-17H2,1-2H3,(H,35,38)(H,36,37). The summed E-state index contributed by atoms with van der Waals surface area (Å²) in [5.74, 6) is 0.692. The van der Waals surface area contributed by atoms with Gasteiger partial charge >= 0.3 is 12.1 Å².